The fraction of sp³-hybridized carbons (Fsp3) is 0.402. The number of carbonyl (C=O) groups is 10. The third kappa shape index (κ3) is 22.0. The lowest BCUT2D eigenvalue weighted by Gasteiger charge is -2.22. The fourth-order valence-electron chi connectivity index (χ4n) is 22.2. The molecule has 0 bridgehead atoms. The number of rotatable bonds is 42. The first-order valence-electron chi connectivity index (χ1n) is 49.2. The van der Waals surface area contributed by atoms with E-state index in [0.29, 0.717) is 86.2 Å². The van der Waals surface area contributed by atoms with E-state index < -0.39 is 59.3 Å². The van der Waals surface area contributed by atoms with Gasteiger partial charge in [-0.1, -0.05) is 234 Å². The van der Waals surface area contributed by atoms with Gasteiger partial charge in [-0.15, -0.1) is 26.3 Å². The Morgan fingerprint density at radius 3 is 0.957 bits per heavy atom. The molecule has 16 rings (SSSR count). The second-order valence-corrected chi connectivity index (χ2v) is 38.7. The maximum Gasteiger partial charge on any atom is 0.338 e. The first-order chi connectivity index (χ1) is 66.8. The van der Waals surface area contributed by atoms with E-state index in [-0.39, 0.29) is 146 Å². The number of benzene rings is 8. The molecule has 8 amide bonds. The number of carbonyl (C=O) groups excluding carboxylic acids is 10. The van der Waals surface area contributed by atoms with Crippen molar-refractivity contribution in [2.45, 2.75) is 172 Å². The summed E-state index contributed by atoms with van der Waals surface area (Å²) in [6.45, 7) is 33.7. The number of ether oxygens (including phenoxy) is 7. The van der Waals surface area contributed by atoms with Crippen LogP contribution in [-0.4, -0.2) is 112 Å². The van der Waals surface area contributed by atoms with E-state index in [9.17, 15) is 47.9 Å². The van der Waals surface area contributed by atoms with Crippen LogP contribution >= 0.6 is 0 Å². The summed E-state index contributed by atoms with van der Waals surface area (Å²) in [6, 6.07) is 53.9. The number of likely N-dealkylation sites (tertiary alicyclic amines) is 4. The van der Waals surface area contributed by atoms with Crippen LogP contribution in [0.25, 0.3) is 0 Å². The first-order valence-corrected chi connectivity index (χ1v) is 49.2. The Morgan fingerprint density at radius 2 is 0.594 bits per heavy atom. The Hall–Kier alpha value is -13.3. The summed E-state index contributed by atoms with van der Waals surface area (Å²) in [5.41, 5.74) is 12.9. The summed E-state index contributed by atoms with van der Waals surface area (Å²) in [4.78, 5) is 145. The highest BCUT2D eigenvalue weighted by Crippen LogP contribution is 2.55. The summed E-state index contributed by atoms with van der Waals surface area (Å²) < 4.78 is 42.7. The lowest BCUT2D eigenvalue weighted by Crippen LogP contribution is -2.36. The Balaban J connectivity index is 0.000000209. The molecule has 0 radical (unpaired) electrons. The lowest BCUT2D eigenvalue weighted by molar-refractivity contribution is -0.143. The summed E-state index contributed by atoms with van der Waals surface area (Å²) in [5.74, 6) is -6.94. The van der Waals surface area contributed by atoms with E-state index in [0.717, 1.165) is 85.4 Å². The summed E-state index contributed by atoms with van der Waals surface area (Å²) >= 11 is 0. The third-order valence-electron chi connectivity index (χ3n) is 29.8. The summed E-state index contributed by atoms with van der Waals surface area (Å²) in [6.07, 6.45) is 27.1. The number of fused-ring (bicyclic) bond motifs is 4. The van der Waals surface area contributed by atoms with Crippen molar-refractivity contribution >= 4 is 59.2 Å². The van der Waals surface area contributed by atoms with Crippen molar-refractivity contribution in [3.05, 3.63) is 328 Å². The number of amides is 8. The van der Waals surface area contributed by atoms with Gasteiger partial charge in [0.05, 0.1) is 91.3 Å². The molecule has 8 fully saturated rings. The third-order valence-corrected chi connectivity index (χ3v) is 29.8. The van der Waals surface area contributed by atoms with Gasteiger partial charge >= 0.3 is 11.9 Å². The van der Waals surface area contributed by atoms with Crippen LogP contribution in [0.15, 0.2) is 245 Å². The van der Waals surface area contributed by atoms with Crippen molar-refractivity contribution in [3.8, 4) is 28.7 Å². The second-order valence-electron chi connectivity index (χ2n) is 38.7. The van der Waals surface area contributed by atoms with Crippen LogP contribution in [-0.2, 0) is 87.3 Å². The molecule has 0 N–H and O–H groups in total. The maximum atomic E-state index is 14.5. The van der Waals surface area contributed by atoms with E-state index in [1.165, 1.54) is 58.1 Å². The highest BCUT2D eigenvalue weighted by atomic mass is 16.5. The average Bonchev–Trinajstić information content (AvgIpc) is 1.59. The van der Waals surface area contributed by atoms with Crippen molar-refractivity contribution < 1.29 is 81.1 Å². The SMILES string of the molecule is C=CC1CC(/C=C\C2CC(C=C)C3C(=O)N(CCOC(=O)c4cc(C)c(OCc5ccccc5)c(OCc5ccccc5)c4)C(=O)C23)C2C(=O)N(CCOC(=O)c3cc(C)c(C)c(C)c3)C(=O)C12.C=CC1CC(/C=C\C2CC(C=C)C3C(=O)N(Cc4cc(C)c(OCc5ccccc5)c(OCc5ccccc5)c4)C(=O)C23)C2C(=O)N(Cc3cc(C)c(C)c(OCCCCCCCCCC)c3)C(=O)C12. The number of esters is 2. The van der Waals surface area contributed by atoms with Crippen molar-refractivity contribution in [2.75, 3.05) is 32.9 Å². The molecule has 21 nitrogen and oxygen atoms in total. The van der Waals surface area contributed by atoms with Crippen LogP contribution in [0.2, 0.25) is 0 Å². The predicted molar refractivity (Wildman–Crippen MR) is 529 cm³/mol. The van der Waals surface area contributed by atoms with Crippen LogP contribution in [0, 0.1) is 143 Å². The van der Waals surface area contributed by atoms with Gasteiger partial charge in [0.15, 0.2) is 23.0 Å². The molecule has 16 unspecified atom stereocenters. The molecule has 21 heteroatoms. The molecule has 0 aromatic heterocycles. The predicted octanol–water partition coefficient (Wildman–Crippen LogP) is 20.9. The van der Waals surface area contributed by atoms with E-state index in [4.69, 9.17) is 33.2 Å². The van der Waals surface area contributed by atoms with Gasteiger partial charge in [-0.2, -0.15) is 0 Å². The Morgan fingerprint density at radius 1 is 0.304 bits per heavy atom. The lowest BCUT2D eigenvalue weighted by atomic mass is 9.86. The highest BCUT2D eigenvalue weighted by Gasteiger charge is 2.62. The Labute approximate surface area is 811 Å². The fourth-order valence-corrected chi connectivity index (χ4v) is 22.2. The molecule has 8 aromatic rings. The Kier molecular flexibility index (Phi) is 32.6. The van der Waals surface area contributed by atoms with Crippen LogP contribution in [0.4, 0.5) is 0 Å². The number of hydrogen-bond acceptors (Lipinski definition) is 17. The summed E-state index contributed by atoms with van der Waals surface area (Å²) in [5, 5.41) is 0. The second kappa shape index (κ2) is 45.3. The number of nitrogens with zero attached hydrogens (tertiary/aromatic N) is 4. The van der Waals surface area contributed by atoms with Crippen LogP contribution in [0.5, 0.6) is 28.7 Å². The average molecular weight is 1860 g/mol. The standard InChI is InChI=1S/C61H72N2O7.C56H58N2O10/c1-7-10-11-12-13-14-15-22-29-68-51-32-45(30-40(4)42(51)6)36-62-58(64)53-47(8-2)34-49(55(53)60(62)66)27-28-50-35-48(9-3)54-56(50)61(67)63(59(54)65)37-46-31-41(5)57(70-39-44-25-20-17-21-26-44)52(33-46)69-38-43-23-18-16-19-24-43;1-7-39-28-41(48-46(39)51(59)57(53(48)61)21-23-65-55(63)43-25-33(3)36(6)34(4)26-43)19-20-42-29-40(8-2)47-49(42)54(62)58(52(47)60)22-24-66-56(64)44-27-35(5)50(68-32-38-17-13-10-14-18-38)45(30-44)67-31-37-15-11-9-12-16-37/h8-9,16-21,23-28,30-33,47-50,53-56H,2-3,7,10-15,22,29,34-39H2,1,4-6H3;7-20,25-27,30,39-42,46-49H,1-2,21-24,28-29,31-32H2,3-6H3/b28-27-;20-19-. The Bertz CT molecular complexity index is 5900. The molecule has 138 heavy (non-hydrogen) atoms. The molecule has 4 aliphatic carbocycles. The van der Waals surface area contributed by atoms with Crippen LogP contribution < -0.4 is 23.7 Å². The van der Waals surface area contributed by atoms with E-state index in [1.807, 2.05) is 205 Å². The molecule has 4 saturated heterocycles. The smallest absolute Gasteiger partial charge is 0.338 e. The number of imide groups is 4. The van der Waals surface area contributed by atoms with Gasteiger partial charge in [-0.05, 0) is 237 Å². The zero-order valence-electron chi connectivity index (χ0n) is 80.8. The molecular weight excluding hydrogens is 1730 g/mol. The van der Waals surface area contributed by atoms with E-state index in [2.05, 4.69) is 58.4 Å². The normalized spacial score (nSPS) is 24.0. The van der Waals surface area contributed by atoms with Gasteiger partial charge < -0.3 is 33.2 Å². The molecule has 8 aliphatic rings. The van der Waals surface area contributed by atoms with Gasteiger partial charge in [0.2, 0.25) is 47.3 Å². The highest BCUT2D eigenvalue weighted by molar-refractivity contribution is 6.09. The summed E-state index contributed by atoms with van der Waals surface area (Å²) in [7, 11) is 0. The molecule has 720 valence electrons. The van der Waals surface area contributed by atoms with Crippen molar-refractivity contribution in [1.29, 1.82) is 0 Å². The largest absolute Gasteiger partial charge is 0.493 e. The van der Waals surface area contributed by atoms with Crippen LogP contribution in [0.3, 0.4) is 0 Å². The molecule has 16 atom stereocenters. The first kappa shape index (κ1) is 99.2. The van der Waals surface area contributed by atoms with Crippen LogP contribution in [0.1, 0.15) is 177 Å². The minimum atomic E-state index is -0.659. The molecular formula is C117H130N4O17. The zero-order chi connectivity index (χ0) is 97.5. The van der Waals surface area contributed by atoms with Crippen molar-refractivity contribution in [1.82, 2.24) is 19.6 Å². The van der Waals surface area contributed by atoms with Gasteiger partial charge in [-0.25, -0.2) is 9.59 Å². The number of hydrogen-bond donors (Lipinski definition) is 0. The van der Waals surface area contributed by atoms with E-state index in [1.54, 1.807) is 36.4 Å². The number of allylic oxidation sites excluding steroid dienone is 8. The molecule has 0 spiro atoms. The van der Waals surface area contributed by atoms with Gasteiger partial charge in [0, 0.05) is 0 Å². The quantitative estimate of drug-likeness (QED) is 0.0149. The van der Waals surface area contributed by atoms with Crippen molar-refractivity contribution in [2.24, 2.45) is 94.7 Å². The van der Waals surface area contributed by atoms with Gasteiger partial charge in [-0.3, -0.25) is 58.0 Å². The topological polar surface area (TPSA) is 248 Å². The molecule has 8 aromatic carbocycles. The minimum Gasteiger partial charge on any atom is -0.493 e. The maximum absolute atomic E-state index is 14.5. The van der Waals surface area contributed by atoms with Crippen molar-refractivity contribution in [3.63, 3.8) is 0 Å². The monoisotopic (exact) mass is 1860 g/mol. The number of aryl methyl sites for hydroxylation is 5. The van der Waals surface area contributed by atoms with Gasteiger partial charge in [0.25, 0.3) is 0 Å². The van der Waals surface area contributed by atoms with Gasteiger partial charge in [0.1, 0.15) is 45.4 Å². The molecule has 4 aliphatic heterocycles. The molecule has 4 heterocycles. The zero-order valence-corrected chi connectivity index (χ0v) is 80.8. The number of unbranched alkanes of at least 4 members (excludes halogenated alkanes) is 7. The minimum absolute atomic E-state index is 0.0596. The van der Waals surface area contributed by atoms with E-state index >= 15 is 0 Å². The molecule has 4 saturated carbocycles.